The average Bonchev–Trinajstić information content (AvgIpc) is 2.85. The van der Waals surface area contributed by atoms with Gasteiger partial charge in [-0.05, 0) is 35.0 Å². The first-order chi connectivity index (χ1) is 8.31. The van der Waals surface area contributed by atoms with E-state index >= 15 is 0 Å². The highest BCUT2D eigenvalue weighted by molar-refractivity contribution is 7.07. The smallest absolute Gasteiger partial charge is 0.0628 e. The zero-order valence-corrected chi connectivity index (χ0v) is 10.7. The van der Waals surface area contributed by atoms with Crippen molar-refractivity contribution >= 4 is 11.3 Å². The molecule has 0 spiro atoms. The van der Waals surface area contributed by atoms with Crippen molar-refractivity contribution in [1.29, 1.82) is 0 Å². The summed E-state index contributed by atoms with van der Waals surface area (Å²) in [6.07, 6.45) is 0. The molecule has 0 amide bonds. The Kier molecular flexibility index (Phi) is 4.31. The lowest BCUT2D eigenvalue weighted by Crippen LogP contribution is -2.26. The van der Waals surface area contributed by atoms with Crippen molar-refractivity contribution in [3.8, 4) is 0 Å². The minimum Gasteiger partial charge on any atom is -0.394 e. The van der Waals surface area contributed by atoms with Crippen LogP contribution in [0.2, 0.25) is 0 Å². The zero-order chi connectivity index (χ0) is 12.1. The highest BCUT2D eigenvalue weighted by Gasteiger charge is 2.16. The maximum Gasteiger partial charge on any atom is 0.0628 e. The van der Waals surface area contributed by atoms with Gasteiger partial charge in [0.15, 0.2) is 0 Å². The van der Waals surface area contributed by atoms with Crippen LogP contribution in [0, 0.1) is 0 Å². The lowest BCUT2D eigenvalue weighted by Gasteiger charge is -2.26. The van der Waals surface area contributed by atoms with Crippen molar-refractivity contribution in [2.45, 2.75) is 12.6 Å². The Morgan fingerprint density at radius 1 is 1.24 bits per heavy atom. The number of hydrogen-bond donors (Lipinski definition) is 1. The standard InChI is InChI=1S/C14H17NOS/c1-15(9-12-5-3-2-4-6-12)14(10-16)13-7-8-17-11-13/h2-8,11,14,16H,9-10H2,1H3. The van der Waals surface area contributed by atoms with Crippen molar-refractivity contribution in [1.82, 2.24) is 4.90 Å². The summed E-state index contributed by atoms with van der Waals surface area (Å²) >= 11 is 1.67. The Morgan fingerprint density at radius 2 is 2.00 bits per heavy atom. The number of aliphatic hydroxyl groups is 1. The maximum absolute atomic E-state index is 9.51. The summed E-state index contributed by atoms with van der Waals surface area (Å²) in [6, 6.07) is 12.5. The van der Waals surface area contributed by atoms with E-state index in [1.54, 1.807) is 11.3 Å². The van der Waals surface area contributed by atoms with Crippen LogP contribution in [0.25, 0.3) is 0 Å². The topological polar surface area (TPSA) is 23.5 Å². The molecular formula is C14H17NOS. The van der Waals surface area contributed by atoms with E-state index in [0.717, 1.165) is 6.54 Å². The van der Waals surface area contributed by atoms with E-state index in [1.165, 1.54) is 11.1 Å². The molecule has 2 rings (SSSR count). The molecule has 17 heavy (non-hydrogen) atoms. The summed E-state index contributed by atoms with van der Waals surface area (Å²) in [5, 5.41) is 13.7. The maximum atomic E-state index is 9.51. The Labute approximate surface area is 106 Å². The molecule has 0 aliphatic carbocycles. The predicted octanol–water partition coefficient (Wildman–Crippen LogP) is 2.91. The molecule has 1 atom stereocenters. The van der Waals surface area contributed by atoms with Gasteiger partial charge in [-0.2, -0.15) is 11.3 Å². The van der Waals surface area contributed by atoms with Crippen LogP contribution < -0.4 is 0 Å². The van der Waals surface area contributed by atoms with E-state index in [-0.39, 0.29) is 12.6 Å². The molecule has 1 heterocycles. The largest absolute Gasteiger partial charge is 0.394 e. The molecular weight excluding hydrogens is 230 g/mol. The van der Waals surface area contributed by atoms with Crippen LogP contribution in [-0.4, -0.2) is 23.7 Å². The second-order valence-corrected chi connectivity index (χ2v) is 4.94. The lowest BCUT2D eigenvalue weighted by atomic mass is 10.1. The quantitative estimate of drug-likeness (QED) is 0.878. The van der Waals surface area contributed by atoms with Gasteiger partial charge in [-0.15, -0.1) is 0 Å². The molecule has 1 N–H and O–H groups in total. The lowest BCUT2D eigenvalue weighted by molar-refractivity contribution is 0.143. The number of likely N-dealkylation sites (N-methyl/N-ethyl adjacent to an activating group) is 1. The van der Waals surface area contributed by atoms with Crippen LogP contribution in [0.3, 0.4) is 0 Å². The van der Waals surface area contributed by atoms with Crippen molar-refractivity contribution in [3.63, 3.8) is 0 Å². The van der Waals surface area contributed by atoms with Crippen molar-refractivity contribution in [3.05, 3.63) is 58.3 Å². The summed E-state index contributed by atoms with van der Waals surface area (Å²) in [4.78, 5) is 2.18. The number of hydrogen-bond acceptors (Lipinski definition) is 3. The SMILES string of the molecule is CN(Cc1ccccc1)C(CO)c1ccsc1. The van der Waals surface area contributed by atoms with Gasteiger partial charge in [0.25, 0.3) is 0 Å². The summed E-state index contributed by atoms with van der Waals surface area (Å²) < 4.78 is 0. The molecule has 2 nitrogen and oxygen atoms in total. The van der Waals surface area contributed by atoms with Crippen molar-refractivity contribution < 1.29 is 5.11 Å². The molecule has 0 aliphatic rings. The first kappa shape index (κ1) is 12.3. The van der Waals surface area contributed by atoms with Crippen LogP contribution in [0.15, 0.2) is 47.2 Å². The third kappa shape index (κ3) is 3.16. The van der Waals surface area contributed by atoms with Crippen LogP contribution in [0.1, 0.15) is 17.2 Å². The Bertz CT molecular complexity index is 427. The van der Waals surface area contributed by atoms with Crippen molar-refractivity contribution in [2.75, 3.05) is 13.7 Å². The Morgan fingerprint density at radius 3 is 2.59 bits per heavy atom. The molecule has 1 unspecified atom stereocenters. The normalized spacial score (nSPS) is 12.9. The molecule has 90 valence electrons. The third-order valence-corrected chi connectivity index (χ3v) is 3.61. The van der Waals surface area contributed by atoms with Gasteiger partial charge in [-0.3, -0.25) is 4.90 Å². The van der Waals surface area contributed by atoms with E-state index < -0.39 is 0 Å². The molecule has 3 heteroatoms. The van der Waals surface area contributed by atoms with Crippen molar-refractivity contribution in [2.24, 2.45) is 0 Å². The fraction of sp³-hybridized carbons (Fsp3) is 0.286. The van der Waals surface area contributed by atoms with E-state index in [9.17, 15) is 5.11 Å². The van der Waals surface area contributed by atoms with E-state index in [0.29, 0.717) is 0 Å². The summed E-state index contributed by atoms with van der Waals surface area (Å²) in [5.41, 5.74) is 2.46. The average molecular weight is 247 g/mol. The Hall–Kier alpha value is -1.16. The van der Waals surface area contributed by atoms with Gasteiger partial charge in [0.05, 0.1) is 12.6 Å². The molecule has 1 aromatic heterocycles. The van der Waals surface area contributed by atoms with Gasteiger partial charge in [0, 0.05) is 6.54 Å². The molecule has 0 aliphatic heterocycles. The number of benzene rings is 1. The molecule has 1 aromatic carbocycles. The minimum absolute atomic E-state index is 0.0847. The van der Waals surface area contributed by atoms with E-state index in [1.807, 2.05) is 30.6 Å². The summed E-state index contributed by atoms with van der Waals surface area (Å²) in [5.74, 6) is 0. The molecule has 0 bridgehead atoms. The van der Waals surface area contributed by atoms with Gasteiger partial charge in [0.2, 0.25) is 0 Å². The monoisotopic (exact) mass is 247 g/mol. The van der Waals surface area contributed by atoms with E-state index in [2.05, 4.69) is 28.5 Å². The van der Waals surface area contributed by atoms with E-state index in [4.69, 9.17) is 0 Å². The highest BCUT2D eigenvalue weighted by Crippen LogP contribution is 2.22. The van der Waals surface area contributed by atoms with Crippen LogP contribution in [-0.2, 0) is 6.54 Å². The van der Waals surface area contributed by atoms with Gasteiger partial charge in [-0.1, -0.05) is 30.3 Å². The first-order valence-electron chi connectivity index (χ1n) is 5.68. The zero-order valence-electron chi connectivity index (χ0n) is 9.91. The fourth-order valence-corrected chi connectivity index (χ4v) is 2.65. The fourth-order valence-electron chi connectivity index (χ4n) is 1.95. The molecule has 0 radical (unpaired) electrons. The number of thiophene rings is 1. The molecule has 0 fully saturated rings. The molecule has 2 aromatic rings. The van der Waals surface area contributed by atoms with Crippen LogP contribution >= 0.6 is 11.3 Å². The predicted molar refractivity (Wildman–Crippen MR) is 72.1 cm³/mol. The number of aliphatic hydroxyl groups excluding tert-OH is 1. The summed E-state index contributed by atoms with van der Waals surface area (Å²) in [6.45, 7) is 1.00. The number of nitrogens with zero attached hydrogens (tertiary/aromatic N) is 1. The number of rotatable bonds is 5. The minimum atomic E-state index is 0.0847. The third-order valence-electron chi connectivity index (χ3n) is 2.91. The van der Waals surface area contributed by atoms with Gasteiger partial charge < -0.3 is 5.11 Å². The van der Waals surface area contributed by atoms with Gasteiger partial charge in [-0.25, -0.2) is 0 Å². The second kappa shape index (κ2) is 5.96. The summed E-state index contributed by atoms with van der Waals surface area (Å²) in [7, 11) is 2.05. The van der Waals surface area contributed by atoms with Gasteiger partial charge >= 0.3 is 0 Å². The Balaban J connectivity index is 2.06. The van der Waals surface area contributed by atoms with Crippen LogP contribution in [0.4, 0.5) is 0 Å². The first-order valence-corrected chi connectivity index (χ1v) is 6.62. The molecule has 0 saturated carbocycles. The van der Waals surface area contributed by atoms with Crippen LogP contribution in [0.5, 0.6) is 0 Å². The molecule has 0 saturated heterocycles. The van der Waals surface area contributed by atoms with Gasteiger partial charge in [0.1, 0.15) is 0 Å². The second-order valence-electron chi connectivity index (χ2n) is 4.16. The highest BCUT2D eigenvalue weighted by atomic mass is 32.1.